The maximum absolute atomic E-state index is 15.3. The molecule has 1 aromatic carbocycles. The average molecular weight is 514 g/mol. The molecule has 1 aliphatic carbocycles. The van der Waals surface area contributed by atoms with Crippen molar-refractivity contribution in [1.29, 1.82) is 0 Å². The van der Waals surface area contributed by atoms with Gasteiger partial charge in [0.1, 0.15) is 11.6 Å². The largest absolute Gasteiger partial charge is 0.379 e. The van der Waals surface area contributed by atoms with Gasteiger partial charge in [-0.2, -0.15) is 0 Å². The maximum Gasteiger partial charge on any atom is 0.252 e. The number of fused-ring (bicyclic) bond motifs is 1. The quantitative estimate of drug-likeness (QED) is 0.365. The van der Waals surface area contributed by atoms with Crippen LogP contribution in [0.15, 0.2) is 30.5 Å². The molecule has 1 aliphatic heterocycles. The molecule has 5 rings (SSSR count). The predicted octanol–water partition coefficient (Wildman–Crippen LogP) is 3.17. The summed E-state index contributed by atoms with van der Waals surface area (Å²) in [6.07, 6.45) is 5.52. The summed E-state index contributed by atoms with van der Waals surface area (Å²) >= 11 is 0. The molecule has 3 aromatic rings. The minimum absolute atomic E-state index is 0.0225. The van der Waals surface area contributed by atoms with Crippen molar-refractivity contribution in [2.75, 3.05) is 43.5 Å². The van der Waals surface area contributed by atoms with Crippen LogP contribution in [-0.4, -0.2) is 65.3 Å². The number of rotatable bonds is 8. The summed E-state index contributed by atoms with van der Waals surface area (Å²) in [4.78, 5) is 18.7. The monoisotopic (exact) mass is 513 g/mol. The highest BCUT2D eigenvalue weighted by Crippen LogP contribution is 2.30. The Bertz CT molecular complexity index is 1280. The van der Waals surface area contributed by atoms with Gasteiger partial charge < -0.3 is 31.4 Å². The van der Waals surface area contributed by atoms with E-state index in [0.29, 0.717) is 36.3 Å². The molecule has 0 unspecified atom stereocenters. The lowest BCUT2D eigenvalue weighted by Gasteiger charge is -2.30. The average Bonchev–Trinajstić information content (AvgIpc) is 3.30. The Balaban J connectivity index is 1.38. The molecule has 2 aromatic heterocycles. The topological polar surface area (TPSA) is 123 Å². The van der Waals surface area contributed by atoms with E-state index in [1.165, 1.54) is 6.07 Å². The van der Waals surface area contributed by atoms with Gasteiger partial charge in [0.2, 0.25) is 0 Å². The van der Waals surface area contributed by atoms with Crippen molar-refractivity contribution in [3.05, 3.63) is 47.7 Å². The highest BCUT2D eigenvalue weighted by atomic mass is 19.1. The smallest absolute Gasteiger partial charge is 0.252 e. The van der Waals surface area contributed by atoms with Crippen LogP contribution < -0.4 is 22.1 Å². The molecular weight excluding hydrogens is 480 g/mol. The van der Waals surface area contributed by atoms with E-state index in [-0.39, 0.29) is 29.3 Å². The number of aromatic nitrogens is 2. The third-order valence-electron chi connectivity index (χ3n) is 7.22. The number of primary amides is 1. The Kier molecular flexibility index (Phi) is 7.54. The normalized spacial score (nSPS) is 20.7. The molecule has 2 aliphatic rings. The fourth-order valence-corrected chi connectivity index (χ4v) is 5.15. The number of benzene rings is 1. The van der Waals surface area contributed by atoms with Crippen LogP contribution in [0.5, 0.6) is 0 Å². The third kappa shape index (κ3) is 5.68. The molecule has 1 saturated heterocycles. The number of hydrogen-bond donors (Lipinski definition) is 4. The number of carbonyl (C=O) groups excluding carboxylic acids is 1. The number of nitrogens with two attached hydrogens (primary N) is 2. The maximum atomic E-state index is 15.3. The Labute approximate surface area is 214 Å². The van der Waals surface area contributed by atoms with Crippen LogP contribution in [0.4, 0.5) is 26.1 Å². The zero-order valence-corrected chi connectivity index (χ0v) is 20.7. The number of nitrogens with zero attached hydrogens (tertiary/aromatic N) is 3. The Morgan fingerprint density at radius 3 is 2.62 bits per heavy atom. The number of pyridine rings is 1. The number of ether oxygens (including phenoxy) is 1. The van der Waals surface area contributed by atoms with Crippen molar-refractivity contribution in [2.45, 2.75) is 44.3 Å². The van der Waals surface area contributed by atoms with E-state index in [4.69, 9.17) is 16.2 Å². The van der Waals surface area contributed by atoms with Crippen LogP contribution >= 0.6 is 0 Å². The summed E-state index contributed by atoms with van der Waals surface area (Å²) in [5.74, 6) is -1.93. The summed E-state index contributed by atoms with van der Waals surface area (Å²) in [6, 6.07) is 5.75. The van der Waals surface area contributed by atoms with E-state index >= 15 is 4.39 Å². The minimum Gasteiger partial charge on any atom is -0.379 e. The van der Waals surface area contributed by atoms with Gasteiger partial charge in [0.15, 0.2) is 11.6 Å². The summed E-state index contributed by atoms with van der Waals surface area (Å²) in [7, 11) is 0. The first-order valence-corrected chi connectivity index (χ1v) is 12.8. The van der Waals surface area contributed by atoms with Gasteiger partial charge in [-0.15, -0.1) is 0 Å². The molecule has 6 N–H and O–H groups in total. The number of morpholine rings is 1. The van der Waals surface area contributed by atoms with E-state index in [2.05, 4.69) is 20.5 Å². The van der Waals surface area contributed by atoms with Gasteiger partial charge in [0.05, 0.1) is 24.3 Å². The van der Waals surface area contributed by atoms with Gasteiger partial charge in [-0.05, 0) is 37.1 Å². The number of carbonyl (C=O) groups is 1. The van der Waals surface area contributed by atoms with Crippen molar-refractivity contribution in [3.8, 4) is 0 Å². The summed E-state index contributed by atoms with van der Waals surface area (Å²) < 4.78 is 37.4. The minimum atomic E-state index is -0.842. The third-order valence-corrected chi connectivity index (χ3v) is 7.22. The summed E-state index contributed by atoms with van der Waals surface area (Å²) in [5.41, 5.74) is 12.4. The van der Waals surface area contributed by atoms with Crippen molar-refractivity contribution < 1.29 is 18.3 Å². The van der Waals surface area contributed by atoms with Gasteiger partial charge in [0, 0.05) is 55.5 Å². The van der Waals surface area contributed by atoms with E-state index in [0.717, 1.165) is 51.4 Å². The first-order valence-electron chi connectivity index (χ1n) is 12.8. The standard InChI is InChI=1S/C26H33F2N7O2/c27-19-14-17(13-16-5-6-35(23(16)19)8-7-34-9-11-37-12-10-34)31-25-18(24(30)36)15-20(28)26(33-25)32-22-4-2-1-3-21(22)29/h5-6,13-15,21-22H,1-4,7-12,29H2,(H2,30,36)(H2,31,32,33)/t21-,22+/m0/s1. The number of anilines is 3. The number of nitrogens with one attached hydrogen (secondary N) is 2. The zero-order chi connectivity index (χ0) is 25.9. The molecule has 2 fully saturated rings. The van der Waals surface area contributed by atoms with Crippen molar-refractivity contribution in [3.63, 3.8) is 0 Å². The van der Waals surface area contributed by atoms with Crippen molar-refractivity contribution >= 4 is 34.1 Å². The Hall–Kier alpha value is -3.28. The van der Waals surface area contributed by atoms with Crippen LogP contribution in [-0.2, 0) is 11.3 Å². The second-order valence-electron chi connectivity index (χ2n) is 9.76. The van der Waals surface area contributed by atoms with Gasteiger partial charge in [-0.1, -0.05) is 12.8 Å². The van der Waals surface area contributed by atoms with Crippen LogP contribution in [0.25, 0.3) is 10.9 Å². The molecule has 1 saturated carbocycles. The van der Waals surface area contributed by atoms with Crippen LogP contribution in [0.2, 0.25) is 0 Å². The van der Waals surface area contributed by atoms with Crippen molar-refractivity contribution in [1.82, 2.24) is 14.5 Å². The Morgan fingerprint density at radius 1 is 1.08 bits per heavy atom. The molecule has 3 heterocycles. The highest BCUT2D eigenvalue weighted by Gasteiger charge is 2.25. The molecule has 198 valence electrons. The van der Waals surface area contributed by atoms with Crippen LogP contribution in [0, 0.1) is 11.6 Å². The lowest BCUT2D eigenvalue weighted by atomic mass is 9.91. The summed E-state index contributed by atoms with van der Waals surface area (Å²) in [5, 5.41) is 6.75. The summed E-state index contributed by atoms with van der Waals surface area (Å²) in [6.45, 7) is 4.61. The van der Waals surface area contributed by atoms with Gasteiger partial charge >= 0.3 is 0 Å². The number of halogens is 2. The van der Waals surface area contributed by atoms with Gasteiger partial charge in [0.25, 0.3) is 5.91 Å². The van der Waals surface area contributed by atoms with Gasteiger partial charge in [-0.3, -0.25) is 9.69 Å². The highest BCUT2D eigenvalue weighted by molar-refractivity contribution is 5.99. The Morgan fingerprint density at radius 2 is 1.86 bits per heavy atom. The molecule has 9 nitrogen and oxygen atoms in total. The lowest BCUT2D eigenvalue weighted by Crippen LogP contribution is -2.43. The lowest BCUT2D eigenvalue weighted by molar-refractivity contribution is 0.0365. The molecule has 2 atom stereocenters. The fourth-order valence-electron chi connectivity index (χ4n) is 5.15. The first-order chi connectivity index (χ1) is 17.9. The molecule has 37 heavy (non-hydrogen) atoms. The number of hydrogen-bond acceptors (Lipinski definition) is 7. The second-order valence-corrected chi connectivity index (χ2v) is 9.76. The van der Waals surface area contributed by atoms with E-state index in [1.54, 1.807) is 6.07 Å². The fraction of sp³-hybridized carbons (Fsp3) is 0.462. The molecule has 0 radical (unpaired) electrons. The molecule has 1 amide bonds. The SMILES string of the molecule is NC(=O)c1cc(F)c(N[C@@H]2CCCC[C@@H]2N)nc1Nc1cc(F)c2c(ccn2CCN2CCOCC2)c1. The molecular formula is C26H33F2N7O2. The van der Waals surface area contributed by atoms with E-state index in [1.807, 2.05) is 16.8 Å². The van der Waals surface area contributed by atoms with E-state index in [9.17, 15) is 9.18 Å². The number of amides is 1. The predicted molar refractivity (Wildman–Crippen MR) is 139 cm³/mol. The molecule has 0 bridgehead atoms. The molecule has 0 spiro atoms. The molecule has 11 heteroatoms. The van der Waals surface area contributed by atoms with E-state index < -0.39 is 17.5 Å². The zero-order valence-electron chi connectivity index (χ0n) is 20.7. The van der Waals surface area contributed by atoms with Crippen LogP contribution in [0.3, 0.4) is 0 Å². The second kappa shape index (κ2) is 11.0. The van der Waals surface area contributed by atoms with Crippen LogP contribution in [0.1, 0.15) is 36.0 Å². The van der Waals surface area contributed by atoms with Gasteiger partial charge in [-0.25, -0.2) is 13.8 Å². The first kappa shape index (κ1) is 25.4. The van der Waals surface area contributed by atoms with Crippen molar-refractivity contribution in [2.24, 2.45) is 11.5 Å².